The van der Waals surface area contributed by atoms with Crippen LogP contribution in [0.1, 0.15) is 22.3 Å². The summed E-state index contributed by atoms with van der Waals surface area (Å²) in [4.78, 5) is 0. The first-order chi connectivity index (χ1) is 21.4. The first-order valence-electron chi connectivity index (χ1n) is 14.6. The molecule has 0 aliphatic heterocycles. The highest BCUT2D eigenvalue weighted by Crippen LogP contribution is 2.36. The number of benzene rings is 5. The summed E-state index contributed by atoms with van der Waals surface area (Å²) in [5.41, 5.74) is 8.64. The lowest BCUT2D eigenvalue weighted by molar-refractivity contribution is 0.450. The molecule has 7 aromatic rings. The van der Waals surface area contributed by atoms with Gasteiger partial charge in [-0.05, 0) is 98.5 Å². The molecule has 0 saturated carbocycles. The van der Waals surface area contributed by atoms with Crippen LogP contribution in [0.25, 0.3) is 44.1 Å². The molecule has 0 saturated heterocycles. The van der Waals surface area contributed by atoms with Crippen molar-refractivity contribution >= 4 is 21.5 Å². The van der Waals surface area contributed by atoms with Crippen molar-refractivity contribution in [2.45, 2.75) is 27.7 Å². The molecule has 6 heteroatoms. The molecule has 0 aliphatic carbocycles. The van der Waals surface area contributed by atoms with E-state index in [-0.39, 0.29) is 0 Å². The van der Waals surface area contributed by atoms with Gasteiger partial charge in [0.05, 0.1) is 0 Å². The number of rotatable bonds is 6. The third kappa shape index (κ3) is 5.11. The molecule has 0 spiro atoms. The van der Waals surface area contributed by atoms with Crippen molar-refractivity contribution in [3.8, 4) is 45.8 Å². The smallest absolute Gasteiger partial charge is 0.246 e. The van der Waals surface area contributed by atoms with Crippen LogP contribution in [-0.4, -0.2) is 20.4 Å². The third-order valence-electron chi connectivity index (χ3n) is 8.12. The van der Waals surface area contributed by atoms with E-state index in [9.17, 15) is 0 Å². The van der Waals surface area contributed by atoms with Gasteiger partial charge >= 0.3 is 0 Å². The SMILES string of the molecule is Cc1ccc(-c2nnc(Oc3ccc(Oc4nnc(-c5ccc(C)c(C)c5)c5ccccc45)cc3)c3ccccc23)cc1C. The Kier molecular flexibility index (Phi) is 6.95. The van der Waals surface area contributed by atoms with E-state index in [1.165, 1.54) is 22.3 Å². The standard InChI is InChI=1S/C38H30N4O2/c1-23-13-15-27(21-25(23)3)35-31-9-5-7-11-33(31)37(41-39-35)43-29-17-19-30(20-18-29)44-38-34-12-8-6-10-32(34)36(40-42-38)28-16-14-24(2)26(4)22-28/h5-22H,1-4H3. The Balaban J connectivity index is 1.15. The zero-order valence-electron chi connectivity index (χ0n) is 25.0. The summed E-state index contributed by atoms with van der Waals surface area (Å²) in [7, 11) is 0. The third-order valence-corrected chi connectivity index (χ3v) is 8.12. The second-order valence-electron chi connectivity index (χ2n) is 11.1. The summed E-state index contributed by atoms with van der Waals surface area (Å²) in [5.74, 6) is 2.13. The van der Waals surface area contributed by atoms with Gasteiger partial charge in [0.15, 0.2) is 0 Å². The molecular weight excluding hydrogens is 544 g/mol. The van der Waals surface area contributed by atoms with Gasteiger partial charge in [0.25, 0.3) is 0 Å². The molecule has 7 rings (SSSR count). The minimum Gasteiger partial charge on any atom is -0.437 e. The number of ether oxygens (including phenoxy) is 2. The fraction of sp³-hybridized carbons (Fsp3) is 0.105. The van der Waals surface area contributed by atoms with Crippen molar-refractivity contribution < 1.29 is 9.47 Å². The van der Waals surface area contributed by atoms with Crippen molar-refractivity contribution in [2.75, 3.05) is 0 Å². The van der Waals surface area contributed by atoms with Crippen molar-refractivity contribution in [2.24, 2.45) is 0 Å². The maximum Gasteiger partial charge on any atom is 0.246 e. The largest absolute Gasteiger partial charge is 0.437 e. The molecular formula is C38H30N4O2. The van der Waals surface area contributed by atoms with Gasteiger partial charge in [-0.1, -0.05) is 60.7 Å². The van der Waals surface area contributed by atoms with Gasteiger partial charge in [0.1, 0.15) is 22.9 Å². The number of aryl methyl sites for hydroxylation is 4. The second-order valence-corrected chi connectivity index (χ2v) is 11.1. The van der Waals surface area contributed by atoms with Crippen molar-refractivity contribution in [3.63, 3.8) is 0 Å². The van der Waals surface area contributed by atoms with E-state index < -0.39 is 0 Å². The Morgan fingerprint density at radius 1 is 0.386 bits per heavy atom. The Labute approximate surface area is 256 Å². The Morgan fingerprint density at radius 2 is 0.773 bits per heavy atom. The van der Waals surface area contributed by atoms with Gasteiger partial charge in [-0.15, -0.1) is 20.4 Å². The monoisotopic (exact) mass is 574 g/mol. The molecule has 0 bridgehead atoms. The van der Waals surface area contributed by atoms with Crippen LogP contribution in [-0.2, 0) is 0 Å². The van der Waals surface area contributed by atoms with Crippen LogP contribution >= 0.6 is 0 Å². The van der Waals surface area contributed by atoms with E-state index in [1.807, 2.05) is 60.7 Å². The quantitative estimate of drug-likeness (QED) is 0.197. The summed E-state index contributed by atoms with van der Waals surface area (Å²) in [6.45, 7) is 8.43. The number of aromatic nitrogens is 4. The molecule has 2 heterocycles. The maximum absolute atomic E-state index is 6.23. The molecule has 0 radical (unpaired) electrons. The number of nitrogens with zero attached hydrogens (tertiary/aromatic N) is 4. The van der Waals surface area contributed by atoms with Crippen molar-refractivity contribution in [1.29, 1.82) is 0 Å². The summed E-state index contributed by atoms with van der Waals surface area (Å²) in [5, 5.41) is 21.8. The highest BCUT2D eigenvalue weighted by Gasteiger charge is 2.15. The molecule has 0 aliphatic rings. The minimum atomic E-state index is 0.445. The van der Waals surface area contributed by atoms with E-state index in [1.54, 1.807) is 0 Å². The van der Waals surface area contributed by atoms with Crippen LogP contribution in [0.5, 0.6) is 23.3 Å². The summed E-state index contributed by atoms with van der Waals surface area (Å²) in [6, 6.07) is 36.2. The fourth-order valence-electron chi connectivity index (χ4n) is 5.31. The molecule has 5 aromatic carbocycles. The first kappa shape index (κ1) is 27.2. The average molecular weight is 575 g/mol. The van der Waals surface area contributed by atoms with E-state index in [4.69, 9.17) is 9.47 Å². The lowest BCUT2D eigenvalue weighted by Gasteiger charge is -2.13. The molecule has 6 nitrogen and oxygen atoms in total. The van der Waals surface area contributed by atoms with E-state index >= 15 is 0 Å². The lowest BCUT2D eigenvalue weighted by atomic mass is 10.0. The van der Waals surface area contributed by atoms with Gasteiger partial charge in [-0.3, -0.25) is 0 Å². The number of hydrogen-bond donors (Lipinski definition) is 0. The van der Waals surface area contributed by atoms with Crippen LogP contribution < -0.4 is 9.47 Å². The van der Waals surface area contributed by atoms with E-state index in [0.717, 1.165) is 44.1 Å². The van der Waals surface area contributed by atoms with Crippen molar-refractivity contribution in [1.82, 2.24) is 20.4 Å². The Bertz CT molecular complexity index is 2020. The number of hydrogen-bond acceptors (Lipinski definition) is 6. The molecule has 44 heavy (non-hydrogen) atoms. The highest BCUT2D eigenvalue weighted by molar-refractivity contribution is 5.98. The fourth-order valence-corrected chi connectivity index (χ4v) is 5.31. The van der Waals surface area contributed by atoms with Crippen LogP contribution in [0, 0.1) is 27.7 Å². The Hall–Kier alpha value is -5.62. The van der Waals surface area contributed by atoms with E-state index in [0.29, 0.717) is 23.3 Å². The zero-order chi connectivity index (χ0) is 30.2. The van der Waals surface area contributed by atoms with Gasteiger partial charge in [0.2, 0.25) is 11.8 Å². The van der Waals surface area contributed by atoms with Crippen molar-refractivity contribution in [3.05, 3.63) is 131 Å². The molecule has 0 fully saturated rings. The maximum atomic E-state index is 6.23. The van der Waals surface area contributed by atoms with E-state index in [2.05, 4.69) is 96.6 Å². The molecule has 0 unspecified atom stereocenters. The molecule has 0 atom stereocenters. The zero-order valence-corrected chi connectivity index (χ0v) is 25.0. The predicted molar refractivity (Wildman–Crippen MR) is 175 cm³/mol. The van der Waals surface area contributed by atoms with Crippen LogP contribution in [0.2, 0.25) is 0 Å². The van der Waals surface area contributed by atoms with Crippen LogP contribution in [0.15, 0.2) is 109 Å². The minimum absolute atomic E-state index is 0.445. The first-order valence-corrected chi connectivity index (χ1v) is 14.6. The molecule has 214 valence electrons. The molecule has 2 aromatic heterocycles. The predicted octanol–water partition coefficient (Wildman–Crippen LogP) is 9.73. The summed E-state index contributed by atoms with van der Waals surface area (Å²) >= 11 is 0. The molecule has 0 N–H and O–H groups in total. The Morgan fingerprint density at radius 3 is 1.16 bits per heavy atom. The van der Waals surface area contributed by atoms with Crippen LogP contribution in [0.4, 0.5) is 0 Å². The lowest BCUT2D eigenvalue weighted by Crippen LogP contribution is -1.97. The summed E-state index contributed by atoms with van der Waals surface area (Å²) < 4.78 is 12.5. The molecule has 0 amide bonds. The number of fused-ring (bicyclic) bond motifs is 2. The highest BCUT2D eigenvalue weighted by atomic mass is 16.5. The van der Waals surface area contributed by atoms with Gasteiger partial charge in [0, 0.05) is 32.7 Å². The topological polar surface area (TPSA) is 70.0 Å². The van der Waals surface area contributed by atoms with Crippen LogP contribution in [0.3, 0.4) is 0 Å². The normalized spacial score (nSPS) is 11.2. The average Bonchev–Trinajstić information content (AvgIpc) is 3.05. The van der Waals surface area contributed by atoms with Gasteiger partial charge in [-0.25, -0.2) is 0 Å². The van der Waals surface area contributed by atoms with Gasteiger partial charge < -0.3 is 9.47 Å². The summed E-state index contributed by atoms with van der Waals surface area (Å²) in [6.07, 6.45) is 0. The van der Waals surface area contributed by atoms with Gasteiger partial charge in [-0.2, -0.15) is 0 Å². The second kappa shape index (κ2) is 11.2.